The van der Waals surface area contributed by atoms with Crippen molar-refractivity contribution >= 4 is 0 Å². The van der Waals surface area contributed by atoms with Gasteiger partial charge in [-0.25, -0.2) is 0 Å². The molecule has 3 atom stereocenters. The largest absolute Gasteiger partial charge is 0.395 e. The highest BCUT2D eigenvalue weighted by Crippen LogP contribution is 2.35. The Balaban J connectivity index is 0.000000187. The second-order valence-corrected chi connectivity index (χ2v) is 8.34. The number of ether oxygens (including phenoxy) is 1. The molecule has 1 fully saturated rings. The third-order valence-electron chi connectivity index (χ3n) is 5.97. The summed E-state index contributed by atoms with van der Waals surface area (Å²) in [4.78, 5) is 2.29. The van der Waals surface area contributed by atoms with Crippen LogP contribution in [0.5, 0.6) is 0 Å². The fraction of sp³-hybridized carbons (Fsp3) is 0.739. The van der Waals surface area contributed by atoms with E-state index in [9.17, 15) is 0 Å². The highest BCUT2D eigenvalue weighted by Gasteiger charge is 2.30. The van der Waals surface area contributed by atoms with Gasteiger partial charge in [0, 0.05) is 26.2 Å². The first kappa shape index (κ1) is 21.4. The predicted octanol–water partition coefficient (Wildman–Crippen LogP) is 4.52. The van der Waals surface area contributed by atoms with E-state index in [2.05, 4.69) is 56.9 Å². The Hall–Kier alpha value is -0.900. The van der Waals surface area contributed by atoms with E-state index in [4.69, 9.17) is 9.84 Å². The summed E-state index contributed by atoms with van der Waals surface area (Å²) in [5.41, 5.74) is 2.89. The molecule has 148 valence electrons. The molecule has 3 nitrogen and oxygen atoms in total. The SMILES string of the molecule is CCOC1CC(C)CCC1C(C)C.OCCN1CCc2ccccc2C1. The Morgan fingerprint density at radius 1 is 1.19 bits per heavy atom. The maximum Gasteiger partial charge on any atom is 0.0608 e. The molecule has 1 N–H and O–H groups in total. The molecule has 3 rings (SSSR count). The van der Waals surface area contributed by atoms with Gasteiger partial charge >= 0.3 is 0 Å². The Morgan fingerprint density at radius 3 is 2.58 bits per heavy atom. The third-order valence-corrected chi connectivity index (χ3v) is 5.97. The normalized spacial score (nSPS) is 26.2. The smallest absolute Gasteiger partial charge is 0.0608 e. The molecule has 0 aromatic heterocycles. The first-order chi connectivity index (χ1) is 12.5. The van der Waals surface area contributed by atoms with Crippen LogP contribution in [0, 0.1) is 17.8 Å². The summed E-state index contributed by atoms with van der Waals surface area (Å²) >= 11 is 0. The van der Waals surface area contributed by atoms with E-state index in [0.29, 0.717) is 6.10 Å². The van der Waals surface area contributed by atoms with Crippen LogP contribution in [0.15, 0.2) is 24.3 Å². The van der Waals surface area contributed by atoms with Crippen molar-refractivity contribution in [3.8, 4) is 0 Å². The molecule has 1 heterocycles. The van der Waals surface area contributed by atoms with Crippen LogP contribution in [0.2, 0.25) is 0 Å². The zero-order valence-electron chi connectivity index (χ0n) is 17.3. The number of hydrogen-bond acceptors (Lipinski definition) is 3. The Kier molecular flexibility index (Phi) is 9.10. The van der Waals surface area contributed by atoms with Gasteiger partial charge in [0.1, 0.15) is 0 Å². The first-order valence-electron chi connectivity index (χ1n) is 10.6. The van der Waals surface area contributed by atoms with Crippen molar-refractivity contribution in [1.29, 1.82) is 0 Å². The van der Waals surface area contributed by atoms with Gasteiger partial charge in [-0.05, 0) is 55.1 Å². The molecule has 0 spiro atoms. The number of hydrogen-bond donors (Lipinski definition) is 1. The molecular formula is C23H39NO2. The molecule has 0 radical (unpaired) electrons. The molecule has 26 heavy (non-hydrogen) atoms. The van der Waals surface area contributed by atoms with Gasteiger partial charge in [-0.3, -0.25) is 4.90 Å². The van der Waals surface area contributed by atoms with Crippen molar-refractivity contribution in [2.75, 3.05) is 26.3 Å². The first-order valence-corrected chi connectivity index (χ1v) is 10.6. The van der Waals surface area contributed by atoms with Crippen molar-refractivity contribution in [1.82, 2.24) is 4.90 Å². The Bertz CT molecular complexity index is 517. The van der Waals surface area contributed by atoms with Crippen LogP contribution in [0.3, 0.4) is 0 Å². The lowest BCUT2D eigenvalue weighted by molar-refractivity contribution is -0.0327. The Morgan fingerprint density at radius 2 is 1.92 bits per heavy atom. The molecule has 3 heteroatoms. The molecule has 1 saturated carbocycles. The minimum absolute atomic E-state index is 0.266. The third kappa shape index (κ3) is 6.37. The molecule has 0 saturated heterocycles. The topological polar surface area (TPSA) is 32.7 Å². The van der Waals surface area contributed by atoms with Crippen LogP contribution in [-0.4, -0.2) is 42.4 Å². The zero-order valence-corrected chi connectivity index (χ0v) is 17.3. The van der Waals surface area contributed by atoms with Gasteiger partial charge in [-0.2, -0.15) is 0 Å². The van der Waals surface area contributed by atoms with Gasteiger partial charge in [-0.15, -0.1) is 0 Å². The lowest BCUT2D eigenvalue weighted by Crippen LogP contribution is -2.34. The minimum Gasteiger partial charge on any atom is -0.395 e. The van der Waals surface area contributed by atoms with Gasteiger partial charge in [0.15, 0.2) is 0 Å². The molecule has 1 aliphatic heterocycles. The summed E-state index contributed by atoms with van der Waals surface area (Å²) in [6.45, 7) is 13.1. The lowest BCUT2D eigenvalue weighted by atomic mass is 9.75. The summed E-state index contributed by atoms with van der Waals surface area (Å²) in [7, 11) is 0. The van der Waals surface area contributed by atoms with Crippen molar-refractivity contribution in [3.05, 3.63) is 35.4 Å². The van der Waals surface area contributed by atoms with E-state index in [1.165, 1.54) is 30.4 Å². The van der Waals surface area contributed by atoms with Crippen LogP contribution < -0.4 is 0 Å². The summed E-state index contributed by atoms with van der Waals surface area (Å²) in [5.74, 6) is 2.45. The molecule has 3 unspecified atom stereocenters. The van der Waals surface area contributed by atoms with Crippen LogP contribution in [0.4, 0.5) is 0 Å². The van der Waals surface area contributed by atoms with E-state index in [1.54, 1.807) is 0 Å². The van der Waals surface area contributed by atoms with Gasteiger partial charge in [0.05, 0.1) is 12.7 Å². The van der Waals surface area contributed by atoms with Gasteiger partial charge in [-0.1, -0.05) is 51.5 Å². The molecule has 1 aromatic carbocycles. The van der Waals surface area contributed by atoms with E-state index in [1.807, 2.05) is 0 Å². The van der Waals surface area contributed by atoms with Crippen LogP contribution in [-0.2, 0) is 17.7 Å². The zero-order chi connectivity index (χ0) is 18.9. The molecule has 1 aromatic rings. The Labute approximate surface area is 160 Å². The van der Waals surface area contributed by atoms with Crippen molar-refractivity contribution < 1.29 is 9.84 Å². The second kappa shape index (κ2) is 11.1. The predicted molar refractivity (Wildman–Crippen MR) is 109 cm³/mol. The summed E-state index contributed by atoms with van der Waals surface area (Å²) in [6.07, 6.45) is 5.69. The average molecular weight is 362 g/mol. The van der Waals surface area contributed by atoms with Crippen LogP contribution in [0.1, 0.15) is 58.1 Å². The van der Waals surface area contributed by atoms with E-state index in [-0.39, 0.29) is 6.61 Å². The lowest BCUT2D eigenvalue weighted by Gasteiger charge is -2.36. The van der Waals surface area contributed by atoms with Gasteiger partial charge in [0.25, 0.3) is 0 Å². The van der Waals surface area contributed by atoms with E-state index < -0.39 is 0 Å². The maximum atomic E-state index is 8.82. The summed E-state index contributed by atoms with van der Waals surface area (Å²) in [5, 5.41) is 8.82. The number of β-amino-alcohol motifs (C(OH)–C–C–N with tert-alkyl or cyclic N) is 1. The average Bonchev–Trinajstić information content (AvgIpc) is 2.62. The maximum absolute atomic E-state index is 8.82. The second-order valence-electron chi connectivity index (χ2n) is 8.34. The number of rotatable bonds is 5. The highest BCUT2D eigenvalue weighted by molar-refractivity contribution is 5.28. The molecule has 1 aliphatic carbocycles. The minimum atomic E-state index is 0.266. The number of aliphatic hydroxyl groups excluding tert-OH is 1. The van der Waals surface area contributed by atoms with E-state index >= 15 is 0 Å². The van der Waals surface area contributed by atoms with Crippen LogP contribution in [0.25, 0.3) is 0 Å². The van der Waals surface area contributed by atoms with Crippen molar-refractivity contribution in [2.45, 2.75) is 66.0 Å². The van der Waals surface area contributed by atoms with Crippen molar-refractivity contribution in [3.63, 3.8) is 0 Å². The highest BCUT2D eigenvalue weighted by atomic mass is 16.5. The standard InChI is InChI=1S/C12H24O.C11H15NO/c1-5-13-12-8-10(4)6-7-11(12)9(2)3;13-8-7-12-6-5-10-3-1-2-4-11(10)9-12/h9-12H,5-8H2,1-4H3;1-4,13H,5-9H2. The molecule has 0 amide bonds. The monoisotopic (exact) mass is 361 g/mol. The number of nitrogens with zero attached hydrogens (tertiary/aromatic N) is 1. The molecule has 0 bridgehead atoms. The van der Waals surface area contributed by atoms with Gasteiger partial charge < -0.3 is 9.84 Å². The fourth-order valence-electron chi connectivity index (χ4n) is 4.41. The summed E-state index contributed by atoms with van der Waals surface area (Å²) < 4.78 is 5.83. The number of fused-ring (bicyclic) bond motifs is 1. The quantitative estimate of drug-likeness (QED) is 0.837. The van der Waals surface area contributed by atoms with Gasteiger partial charge in [0.2, 0.25) is 0 Å². The number of aliphatic hydroxyl groups is 1. The molecular weight excluding hydrogens is 322 g/mol. The van der Waals surface area contributed by atoms with Crippen molar-refractivity contribution in [2.24, 2.45) is 17.8 Å². The number of benzene rings is 1. The fourth-order valence-corrected chi connectivity index (χ4v) is 4.41. The summed E-state index contributed by atoms with van der Waals surface area (Å²) in [6, 6.07) is 8.56. The van der Waals surface area contributed by atoms with E-state index in [0.717, 1.165) is 50.4 Å². The molecule has 2 aliphatic rings. The van der Waals surface area contributed by atoms with Crippen LogP contribution >= 0.6 is 0 Å².